The number of fused-ring (bicyclic) bond motifs is 2. The Morgan fingerprint density at radius 3 is 2.50 bits per heavy atom. The maximum absolute atomic E-state index is 3.82. The Balaban J connectivity index is 2.07. The molecule has 0 radical (unpaired) electrons. The monoisotopic (exact) mass is 137 g/mol. The highest BCUT2D eigenvalue weighted by Gasteiger charge is 2.42. The topological polar surface area (TPSA) is 3.24 Å². The summed E-state index contributed by atoms with van der Waals surface area (Å²) in [6.07, 6.45) is 6.16. The fourth-order valence-electron chi connectivity index (χ4n) is 2.39. The molecular weight excluding hydrogens is 122 g/mol. The van der Waals surface area contributed by atoms with Gasteiger partial charge in [0.15, 0.2) is 0 Å². The molecule has 0 aliphatic carbocycles. The fraction of sp³-hybridized carbons (Fsp3) is 0.778. The lowest BCUT2D eigenvalue weighted by Crippen LogP contribution is -2.18. The maximum atomic E-state index is 3.82. The molecule has 0 unspecified atom stereocenters. The van der Waals surface area contributed by atoms with Gasteiger partial charge in [-0.3, -0.25) is 0 Å². The molecule has 1 nitrogen and oxygen atoms in total. The Kier molecular flexibility index (Phi) is 1.34. The van der Waals surface area contributed by atoms with Crippen LogP contribution >= 0.6 is 0 Å². The molecule has 2 rings (SSSR count). The van der Waals surface area contributed by atoms with E-state index in [9.17, 15) is 0 Å². The largest absolute Gasteiger partial charge is 0.303 e. The molecule has 2 fully saturated rings. The standard InChI is InChI=1S/C9H15N/c1-2-3-9-4-6-10(8-9)7-5-9/h2H,1,3-8H2. The van der Waals surface area contributed by atoms with Crippen molar-refractivity contribution in [2.24, 2.45) is 5.41 Å². The number of hydrogen-bond acceptors (Lipinski definition) is 1. The summed E-state index contributed by atoms with van der Waals surface area (Å²) in [7, 11) is 0. The van der Waals surface area contributed by atoms with Crippen LogP contribution in [0, 0.1) is 5.41 Å². The van der Waals surface area contributed by atoms with Gasteiger partial charge in [0.25, 0.3) is 0 Å². The van der Waals surface area contributed by atoms with Crippen LogP contribution in [0.25, 0.3) is 0 Å². The Morgan fingerprint density at radius 2 is 2.10 bits per heavy atom. The second-order valence-corrected chi connectivity index (χ2v) is 3.77. The van der Waals surface area contributed by atoms with Crippen molar-refractivity contribution >= 4 is 0 Å². The van der Waals surface area contributed by atoms with Crippen LogP contribution in [0.5, 0.6) is 0 Å². The van der Waals surface area contributed by atoms with Gasteiger partial charge in [-0.2, -0.15) is 0 Å². The van der Waals surface area contributed by atoms with Gasteiger partial charge < -0.3 is 4.90 Å². The van der Waals surface area contributed by atoms with Crippen molar-refractivity contribution in [3.8, 4) is 0 Å². The highest BCUT2D eigenvalue weighted by atomic mass is 15.2. The first kappa shape index (κ1) is 6.41. The van der Waals surface area contributed by atoms with Crippen molar-refractivity contribution in [1.82, 2.24) is 4.90 Å². The summed E-state index contributed by atoms with van der Waals surface area (Å²) in [5.41, 5.74) is 0.668. The lowest BCUT2D eigenvalue weighted by molar-refractivity contribution is 0.323. The van der Waals surface area contributed by atoms with Crippen LogP contribution in [0.1, 0.15) is 19.3 Å². The zero-order valence-corrected chi connectivity index (χ0v) is 6.47. The normalized spacial score (nSPS) is 44.2. The third kappa shape index (κ3) is 0.807. The maximum Gasteiger partial charge on any atom is 0.00419 e. The molecule has 56 valence electrons. The summed E-state index contributed by atoms with van der Waals surface area (Å²) in [4.78, 5) is 2.57. The highest BCUT2D eigenvalue weighted by molar-refractivity contribution is 4.99. The van der Waals surface area contributed by atoms with Crippen molar-refractivity contribution in [3.63, 3.8) is 0 Å². The lowest BCUT2D eigenvalue weighted by Gasteiger charge is -2.22. The SMILES string of the molecule is C=CCC12CCN(CC1)C2. The van der Waals surface area contributed by atoms with E-state index in [-0.39, 0.29) is 0 Å². The molecule has 2 bridgehead atoms. The molecule has 0 aromatic heterocycles. The Bertz CT molecular complexity index is 143. The van der Waals surface area contributed by atoms with Crippen LogP contribution in [0.15, 0.2) is 12.7 Å². The first-order valence-electron chi connectivity index (χ1n) is 4.18. The molecule has 0 aromatic rings. The Morgan fingerprint density at radius 1 is 1.40 bits per heavy atom. The van der Waals surface area contributed by atoms with Gasteiger partial charge in [-0.1, -0.05) is 6.08 Å². The molecule has 2 saturated heterocycles. The van der Waals surface area contributed by atoms with Gasteiger partial charge >= 0.3 is 0 Å². The van der Waals surface area contributed by atoms with Gasteiger partial charge in [0, 0.05) is 6.54 Å². The van der Waals surface area contributed by atoms with Gasteiger partial charge in [-0.25, -0.2) is 0 Å². The van der Waals surface area contributed by atoms with Crippen LogP contribution in [-0.4, -0.2) is 24.5 Å². The van der Waals surface area contributed by atoms with E-state index in [0.717, 1.165) is 0 Å². The number of allylic oxidation sites excluding steroid dienone is 1. The van der Waals surface area contributed by atoms with Crippen LogP contribution in [0.2, 0.25) is 0 Å². The Labute approximate surface area is 62.7 Å². The molecule has 2 aliphatic heterocycles. The van der Waals surface area contributed by atoms with E-state index >= 15 is 0 Å². The van der Waals surface area contributed by atoms with Crippen LogP contribution in [0.3, 0.4) is 0 Å². The quantitative estimate of drug-likeness (QED) is 0.523. The third-order valence-corrected chi connectivity index (χ3v) is 3.05. The van der Waals surface area contributed by atoms with Gasteiger partial charge in [0.05, 0.1) is 0 Å². The summed E-state index contributed by atoms with van der Waals surface area (Å²) < 4.78 is 0. The van der Waals surface area contributed by atoms with E-state index in [1.165, 1.54) is 38.9 Å². The first-order valence-corrected chi connectivity index (χ1v) is 4.18. The van der Waals surface area contributed by atoms with Crippen molar-refractivity contribution in [2.75, 3.05) is 19.6 Å². The van der Waals surface area contributed by atoms with Gasteiger partial charge in [-0.15, -0.1) is 6.58 Å². The van der Waals surface area contributed by atoms with E-state index in [4.69, 9.17) is 0 Å². The minimum absolute atomic E-state index is 0.668. The van der Waals surface area contributed by atoms with E-state index in [2.05, 4.69) is 17.6 Å². The minimum atomic E-state index is 0.668. The van der Waals surface area contributed by atoms with Crippen molar-refractivity contribution < 1.29 is 0 Å². The minimum Gasteiger partial charge on any atom is -0.303 e. The van der Waals surface area contributed by atoms with Crippen molar-refractivity contribution in [3.05, 3.63) is 12.7 Å². The summed E-state index contributed by atoms with van der Waals surface area (Å²) in [5, 5.41) is 0. The summed E-state index contributed by atoms with van der Waals surface area (Å²) >= 11 is 0. The molecule has 0 N–H and O–H groups in total. The molecule has 0 saturated carbocycles. The van der Waals surface area contributed by atoms with Crippen LogP contribution in [0.4, 0.5) is 0 Å². The van der Waals surface area contributed by atoms with Crippen LogP contribution in [-0.2, 0) is 0 Å². The molecular formula is C9H15N. The summed E-state index contributed by atoms with van der Waals surface area (Å²) in [6, 6.07) is 0. The average Bonchev–Trinajstić information content (AvgIpc) is 2.46. The highest BCUT2D eigenvalue weighted by Crippen LogP contribution is 2.43. The predicted molar refractivity (Wildman–Crippen MR) is 42.9 cm³/mol. The molecule has 10 heavy (non-hydrogen) atoms. The predicted octanol–water partition coefficient (Wildman–Crippen LogP) is 1.66. The first-order chi connectivity index (χ1) is 4.85. The number of hydrogen-bond donors (Lipinski definition) is 0. The van der Waals surface area contributed by atoms with Gasteiger partial charge in [-0.05, 0) is 37.8 Å². The zero-order valence-electron chi connectivity index (χ0n) is 6.47. The van der Waals surface area contributed by atoms with Crippen molar-refractivity contribution in [2.45, 2.75) is 19.3 Å². The second kappa shape index (κ2) is 2.09. The van der Waals surface area contributed by atoms with E-state index in [1.807, 2.05) is 0 Å². The lowest BCUT2D eigenvalue weighted by atomic mass is 9.82. The van der Waals surface area contributed by atoms with E-state index in [0.29, 0.717) is 5.41 Å². The third-order valence-electron chi connectivity index (χ3n) is 3.05. The molecule has 1 heteroatoms. The number of nitrogens with zero attached hydrogens (tertiary/aromatic N) is 1. The fourth-order valence-corrected chi connectivity index (χ4v) is 2.39. The van der Waals surface area contributed by atoms with E-state index < -0.39 is 0 Å². The Hall–Kier alpha value is -0.300. The van der Waals surface area contributed by atoms with E-state index in [1.54, 1.807) is 0 Å². The van der Waals surface area contributed by atoms with Crippen LogP contribution < -0.4 is 0 Å². The second-order valence-electron chi connectivity index (χ2n) is 3.77. The molecule has 0 atom stereocenters. The summed E-state index contributed by atoms with van der Waals surface area (Å²) in [6.45, 7) is 7.85. The molecule has 0 aromatic carbocycles. The molecule has 0 amide bonds. The zero-order chi connectivity index (χ0) is 7.03. The van der Waals surface area contributed by atoms with Gasteiger partial charge in [0.1, 0.15) is 0 Å². The summed E-state index contributed by atoms with van der Waals surface area (Å²) in [5.74, 6) is 0. The number of piperidine rings is 1. The molecule has 2 heterocycles. The van der Waals surface area contributed by atoms with Gasteiger partial charge in [0.2, 0.25) is 0 Å². The van der Waals surface area contributed by atoms with Crippen molar-refractivity contribution in [1.29, 1.82) is 0 Å². The smallest absolute Gasteiger partial charge is 0.00419 e. The average molecular weight is 137 g/mol. The molecule has 2 aliphatic rings. The molecule has 0 spiro atoms. The number of rotatable bonds is 2.